The second kappa shape index (κ2) is 16.1. The van der Waals surface area contributed by atoms with E-state index in [1.807, 2.05) is 72.8 Å². The minimum absolute atomic E-state index is 0.0708. The summed E-state index contributed by atoms with van der Waals surface area (Å²) in [7, 11) is 0. The zero-order valence-electron chi connectivity index (χ0n) is 24.6. The fourth-order valence-corrected chi connectivity index (χ4v) is 5.12. The molecular formula is C37H30ClN3O4S. The largest absolute Gasteiger partial charge is 0.489 e. The molecule has 3 amide bonds. The van der Waals surface area contributed by atoms with Crippen LogP contribution in [0, 0.1) is 0 Å². The Balaban J connectivity index is 1.23. The number of anilines is 2. The minimum Gasteiger partial charge on any atom is -0.489 e. The van der Waals surface area contributed by atoms with Gasteiger partial charge in [-0.1, -0.05) is 84.4 Å². The smallest absolute Gasteiger partial charge is 0.272 e. The molecule has 9 heteroatoms. The van der Waals surface area contributed by atoms with E-state index in [4.69, 9.17) is 16.3 Å². The van der Waals surface area contributed by atoms with Gasteiger partial charge < -0.3 is 20.7 Å². The number of halogens is 1. The van der Waals surface area contributed by atoms with Gasteiger partial charge in [-0.2, -0.15) is 0 Å². The number of ether oxygens (including phenoxy) is 1. The molecule has 0 aromatic heterocycles. The number of hydrogen-bond donors (Lipinski definition) is 3. The van der Waals surface area contributed by atoms with Crippen LogP contribution in [0.25, 0.3) is 6.08 Å². The van der Waals surface area contributed by atoms with Crippen molar-refractivity contribution in [2.24, 2.45) is 0 Å². The summed E-state index contributed by atoms with van der Waals surface area (Å²) in [4.78, 5) is 39.6. The summed E-state index contributed by atoms with van der Waals surface area (Å²) in [6.07, 6.45) is 1.61. The van der Waals surface area contributed by atoms with Gasteiger partial charge in [0.1, 0.15) is 18.1 Å². The summed E-state index contributed by atoms with van der Waals surface area (Å²) in [5.41, 5.74) is 3.34. The summed E-state index contributed by atoms with van der Waals surface area (Å²) >= 11 is 7.47. The third kappa shape index (κ3) is 9.59. The van der Waals surface area contributed by atoms with Crippen LogP contribution in [-0.2, 0) is 16.2 Å². The summed E-state index contributed by atoms with van der Waals surface area (Å²) in [5.74, 6) is -0.222. The number of amides is 3. The molecule has 0 saturated heterocycles. The number of hydrogen-bond acceptors (Lipinski definition) is 5. The number of para-hydroxylation sites is 1. The predicted octanol–water partition coefficient (Wildman–Crippen LogP) is 8.06. The Kier molecular flexibility index (Phi) is 11.3. The molecule has 0 spiro atoms. The van der Waals surface area contributed by atoms with E-state index in [1.165, 1.54) is 11.8 Å². The Hall–Kier alpha value is -5.31. The normalized spacial score (nSPS) is 10.9. The average Bonchev–Trinajstić information content (AvgIpc) is 3.09. The molecule has 0 heterocycles. The molecule has 0 unspecified atom stereocenters. The summed E-state index contributed by atoms with van der Waals surface area (Å²) < 4.78 is 5.87. The quantitative estimate of drug-likeness (QED) is 0.0940. The van der Waals surface area contributed by atoms with Crippen LogP contribution in [0.1, 0.15) is 21.5 Å². The summed E-state index contributed by atoms with van der Waals surface area (Å²) in [6.45, 7) is 0.434. The molecule has 0 aliphatic rings. The molecule has 3 N–H and O–H groups in total. The predicted molar refractivity (Wildman–Crippen MR) is 185 cm³/mol. The van der Waals surface area contributed by atoms with Gasteiger partial charge in [0, 0.05) is 16.1 Å². The third-order valence-electron chi connectivity index (χ3n) is 6.60. The molecule has 0 atom stereocenters. The lowest BCUT2D eigenvalue weighted by Gasteiger charge is -2.12. The monoisotopic (exact) mass is 647 g/mol. The highest BCUT2D eigenvalue weighted by atomic mass is 35.5. The van der Waals surface area contributed by atoms with Crippen molar-refractivity contribution in [3.63, 3.8) is 0 Å². The SMILES string of the molecule is O=C(CSc1ccc(NC(=O)/C(=C/c2ccc(OCc3ccccc3)cc2)NC(=O)c2ccccc2)cc1)Nc1ccccc1Cl. The highest BCUT2D eigenvalue weighted by molar-refractivity contribution is 8.00. The van der Waals surface area contributed by atoms with Crippen LogP contribution < -0.4 is 20.7 Å². The second-order valence-corrected chi connectivity index (χ2v) is 11.5. The Labute approximate surface area is 276 Å². The molecule has 0 bridgehead atoms. The molecule has 46 heavy (non-hydrogen) atoms. The van der Waals surface area contributed by atoms with Gasteiger partial charge in [-0.05, 0) is 77.9 Å². The Morgan fingerprint density at radius 3 is 2.07 bits per heavy atom. The van der Waals surface area contributed by atoms with Crippen molar-refractivity contribution in [1.82, 2.24) is 5.32 Å². The highest BCUT2D eigenvalue weighted by Gasteiger charge is 2.15. The van der Waals surface area contributed by atoms with Gasteiger partial charge in [-0.15, -0.1) is 11.8 Å². The molecule has 7 nitrogen and oxygen atoms in total. The van der Waals surface area contributed by atoms with Crippen molar-refractivity contribution in [2.75, 3.05) is 16.4 Å². The van der Waals surface area contributed by atoms with Crippen LogP contribution in [0.15, 0.2) is 144 Å². The van der Waals surface area contributed by atoms with E-state index >= 15 is 0 Å². The number of nitrogens with one attached hydrogen (secondary N) is 3. The van der Waals surface area contributed by atoms with Crippen molar-refractivity contribution >= 4 is 58.5 Å². The Morgan fingerprint density at radius 2 is 1.37 bits per heavy atom. The van der Waals surface area contributed by atoms with Gasteiger partial charge >= 0.3 is 0 Å². The van der Waals surface area contributed by atoms with Crippen molar-refractivity contribution < 1.29 is 19.1 Å². The molecule has 0 saturated carbocycles. The Bertz CT molecular complexity index is 1810. The number of thioether (sulfide) groups is 1. The first-order valence-electron chi connectivity index (χ1n) is 14.4. The zero-order chi connectivity index (χ0) is 32.1. The molecule has 0 aliphatic carbocycles. The molecule has 0 radical (unpaired) electrons. The van der Waals surface area contributed by atoms with E-state index in [0.29, 0.717) is 39.9 Å². The van der Waals surface area contributed by atoms with Gasteiger partial charge in [0.15, 0.2) is 0 Å². The van der Waals surface area contributed by atoms with Crippen LogP contribution >= 0.6 is 23.4 Å². The molecule has 230 valence electrons. The maximum atomic E-state index is 13.4. The summed E-state index contributed by atoms with van der Waals surface area (Å²) in [6, 6.07) is 39.9. The molecule has 5 aromatic carbocycles. The fraction of sp³-hybridized carbons (Fsp3) is 0.0541. The number of carbonyl (C=O) groups is 3. The van der Waals surface area contributed by atoms with Crippen molar-refractivity contribution in [3.8, 4) is 5.75 Å². The number of rotatable bonds is 12. The molecule has 0 fully saturated rings. The fourth-order valence-electron chi connectivity index (χ4n) is 4.24. The van der Waals surface area contributed by atoms with Crippen LogP contribution in [0.4, 0.5) is 11.4 Å². The van der Waals surface area contributed by atoms with Gasteiger partial charge in [0.25, 0.3) is 11.8 Å². The van der Waals surface area contributed by atoms with Crippen LogP contribution in [0.3, 0.4) is 0 Å². The van der Waals surface area contributed by atoms with Crippen LogP contribution in [-0.4, -0.2) is 23.5 Å². The Morgan fingerprint density at radius 1 is 0.717 bits per heavy atom. The second-order valence-electron chi connectivity index (χ2n) is 10.0. The minimum atomic E-state index is -0.492. The first-order valence-corrected chi connectivity index (χ1v) is 15.7. The molecule has 5 aromatic rings. The maximum absolute atomic E-state index is 13.4. The van der Waals surface area contributed by atoms with E-state index in [1.54, 1.807) is 66.7 Å². The zero-order valence-corrected chi connectivity index (χ0v) is 26.2. The van der Waals surface area contributed by atoms with Gasteiger partial charge in [-0.25, -0.2) is 0 Å². The molecular weight excluding hydrogens is 618 g/mol. The van der Waals surface area contributed by atoms with Crippen LogP contribution in [0.2, 0.25) is 5.02 Å². The van der Waals surface area contributed by atoms with E-state index in [2.05, 4.69) is 16.0 Å². The van der Waals surface area contributed by atoms with Gasteiger partial charge in [-0.3, -0.25) is 14.4 Å². The van der Waals surface area contributed by atoms with Crippen LogP contribution in [0.5, 0.6) is 5.75 Å². The third-order valence-corrected chi connectivity index (χ3v) is 7.94. The van der Waals surface area contributed by atoms with E-state index in [0.717, 1.165) is 10.5 Å². The molecule has 0 aliphatic heterocycles. The van der Waals surface area contributed by atoms with E-state index in [-0.39, 0.29) is 17.4 Å². The van der Waals surface area contributed by atoms with Gasteiger partial charge in [0.2, 0.25) is 5.91 Å². The lowest BCUT2D eigenvalue weighted by Crippen LogP contribution is -2.30. The standard InChI is InChI=1S/C37H30ClN3O4S/c38-32-13-7-8-14-33(32)40-35(42)25-46-31-21-17-29(18-22-31)39-37(44)34(41-36(43)28-11-5-2-6-12-28)23-26-15-19-30(20-16-26)45-24-27-9-3-1-4-10-27/h1-23H,24-25H2,(H,39,44)(H,40,42)(H,41,43)/b34-23-. The van der Waals surface area contributed by atoms with Crippen molar-refractivity contribution in [2.45, 2.75) is 11.5 Å². The lowest BCUT2D eigenvalue weighted by atomic mass is 10.1. The maximum Gasteiger partial charge on any atom is 0.272 e. The number of benzene rings is 5. The summed E-state index contributed by atoms with van der Waals surface area (Å²) in [5, 5.41) is 8.87. The first-order chi connectivity index (χ1) is 22.4. The first kappa shape index (κ1) is 32.1. The lowest BCUT2D eigenvalue weighted by molar-refractivity contribution is -0.114. The molecule has 5 rings (SSSR count). The van der Waals surface area contributed by atoms with Crippen molar-refractivity contribution in [1.29, 1.82) is 0 Å². The highest BCUT2D eigenvalue weighted by Crippen LogP contribution is 2.24. The van der Waals surface area contributed by atoms with E-state index < -0.39 is 11.8 Å². The topological polar surface area (TPSA) is 96.5 Å². The average molecular weight is 648 g/mol. The van der Waals surface area contributed by atoms with Crippen molar-refractivity contribution in [3.05, 3.63) is 161 Å². The van der Waals surface area contributed by atoms with Gasteiger partial charge in [0.05, 0.1) is 16.5 Å². The number of carbonyl (C=O) groups excluding carboxylic acids is 3. The van der Waals surface area contributed by atoms with E-state index in [9.17, 15) is 14.4 Å².